The molecule has 0 heterocycles. The normalized spacial score (nSPS) is 12.2. The van der Waals surface area contributed by atoms with E-state index in [4.69, 9.17) is 30.8 Å². The fraction of sp³-hybridized carbons (Fsp3) is 0.273. The van der Waals surface area contributed by atoms with E-state index in [-0.39, 0.29) is 27.2 Å². The van der Waals surface area contributed by atoms with Crippen LogP contribution in [0.15, 0.2) is 97.1 Å². The van der Waals surface area contributed by atoms with Gasteiger partial charge in [-0.1, -0.05) is 84.9 Å². The number of hydrogen-bond acceptors (Lipinski definition) is 2. The first-order valence-corrected chi connectivity index (χ1v) is 22.8. The third-order valence-electron chi connectivity index (χ3n) is 6.74. The van der Waals surface area contributed by atoms with Crippen molar-refractivity contribution in [2.75, 3.05) is 26.7 Å². The van der Waals surface area contributed by atoms with Gasteiger partial charge in [-0.3, -0.25) is 0 Å². The summed E-state index contributed by atoms with van der Waals surface area (Å²) in [7, 11) is 8.88. The molecule has 0 aliphatic carbocycles. The van der Waals surface area contributed by atoms with Gasteiger partial charge in [0.15, 0.2) is 0 Å². The van der Waals surface area contributed by atoms with E-state index in [1.165, 1.54) is 22.3 Å². The van der Waals surface area contributed by atoms with Gasteiger partial charge in [-0.05, 0) is 59.4 Å². The first-order chi connectivity index (χ1) is 19.1. The number of nitrogens with two attached hydrogens (primary N) is 2. The van der Waals surface area contributed by atoms with Gasteiger partial charge >= 0.3 is 34.5 Å². The van der Waals surface area contributed by atoms with Gasteiger partial charge in [-0.25, -0.2) is 0 Å². The zero-order chi connectivity index (χ0) is 29.7. The quantitative estimate of drug-likeness (QED) is 0.152. The Morgan fingerprint density at radius 2 is 0.925 bits per heavy atom. The molecule has 4 aromatic rings. The molecule has 0 aliphatic rings. The van der Waals surface area contributed by atoms with Gasteiger partial charge < -0.3 is 11.5 Å². The van der Waals surface area contributed by atoms with Crippen LogP contribution in [0.1, 0.15) is 45.5 Å². The molecule has 0 amide bonds. The summed E-state index contributed by atoms with van der Waals surface area (Å²) in [5, 5.41) is 3.21. The molecule has 0 aliphatic heterocycles. The fourth-order valence-electron chi connectivity index (χ4n) is 4.59. The van der Waals surface area contributed by atoms with E-state index in [1.807, 2.05) is 60.7 Å². The van der Waals surface area contributed by atoms with Crippen LogP contribution in [0.25, 0.3) is 0 Å². The molecular formula is C33H44Cl2N2P2Ru+4. The predicted octanol–water partition coefficient (Wildman–Crippen LogP) is 7.86. The number of hydrogen-bond donors (Lipinski definition) is 2. The van der Waals surface area contributed by atoms with Crippen molar-refractivity contribution in [1.82, 2.24) is 0 Å². The molecule has 4 aromatic carbocycles. The van der Waals surface area contributed by atoms with Crippen molar-refractivity contribution in [2.45, 2.75) is 32.4 Å². The summed E-state index contributed by atoms with van der Waals surface area (Å²) in [6.07, 6.45) is 1.09. The van der Waals surface area contributed by atoms with E-state index in [0.29, 0.717) is 0 Å². The standard InChI is InChI=1S/C19H26P2.C14H16N2.2ClH.Ru/c1-14-7-9-16(18(11-14)20(3)4)13-17-10-8-15(2)12-19(17)21(5)6;15-13(11-7-3-1-4-8-11)14(16)12-9-5-2-6-10-12;;;/h7-12H,13H2,1-6H3;1-10,13-14H,15-16H2;2*1H;/q;;;;+4. The van der Waals surface area contributed by atoms with E-state index in [2.05, 4.69) is 76.9 Å². The maximum absolute atomic E-state index is 6.15. The van der Waals surface area contributed by atoms with Crippen molar-refractivity contribution in [2.24, 2.45) is 11.5 Å². The molecule has 7 heteroatoms. The molecule has 40 heavy (non-hydrogen) atoms. The zero-order valence-electron chi connectivity index (χ0n) is 24.4. The van der Waals surface area contributed by atoms with Crippen LogP contribution in [0.2, 0.25) is 0 Å². The number of rotatable bonds is 7. The van der Waals surface area contributed by atoms with Crippen LogP contribution < -0.4 is 22.1 Å². The molecule has 0 spiro atoms. The zero-order valence-corrected chi connectivity index (χ0v) is 29.6. The Kier molecular flexibility index (Phi) is 16.1. The molecule has 0 fully saturated rings. The summed E-state index contributed by atoms with van der Waals surface area (Å²) in [5.74, 6) is 0. The molecule has 0 radical (unpaired) electrons. The predicted molar refractivity (Wildman–Crippen MR) is 183 cm³/mol. The molecule has 2 nitrogen and oxygen atoms in total. The topological polar surface area (TPSA) is 52.0 Å². The molecule has 2 unspecified atom stereocenters. The first-order valence-electron chi connectivity index (χ1n) is 13.3. The Hall–Kier alpha value is -1.14. The number of aryl methyl sites for hydroxylation is 2. The monoisotopic (exact) mass is 702 g/mol. The van der Waals surface area contributed by atoms with Crippen LogP contribution in [0.5, 0.6) is 0 Å². The van der Waals surface area contributed by atoms with Crippen molar-refractivity contribution in [3.05, 3.63) is 130 Å². The molecule has 4 N–H and O–H groups in total. The summed E-state index contributed by atoms with van der Waals surface area (Å²) in [6, 6.07) is 33.6. The van der Waals surface area contributed by atoms with E-state index in [9.17, 15) is 0 Å². The van der Waals surface area contributed by atoms with E-state index in [0.717, 1.165) is 17.5 Å². The number of benzene rings is 4. The molecule has 0 bridgehead atoms. The summed E-state index contributed by atoms with van der Waals surface area (Å²) < 4.78 is 0. The molecule has 0 saturated heterocycles. The van der Waals surface area contributed by atoms with Crippen molar-refractivity contribution >= 4 is 45.8 Å². The van der Waals surface area contributed by atoms with Gasteiger partial charge in [0.25, 0.3) is 0 Å². The van der Waals surface area contributed by atoms with Gasteiger partial charge in [0.2, 0.25) is 0 Å². The van der Waals surface area contributed by atoms with Gasteiger partial charge in [0.05, 0.1) is 37.3 Å². The van der Waals surface area contributed by atoms with E-state index in [1.54, 1.807) is 10.6 Å². The Bertz CT molecular complexity index is 1190. The van der Waals surface area contributed by atoms with Gasteiger partial charge in [-0.2, -0.15) is 0 Å². The van der Waals surface area contributed by atoms with Crippen LogP contribution in [-0.2, 0) is 21.6 Å². The number of halogens is 2. The van der Waals surface area contributed by atoms with Crippen LogP contribution in [0.3, 0.4) is 0 Å². The van der Waals surface area contributed by atoms with Crippen molar-refractivity contribution in [3.8, 4) is 0 Å². The van der Waals surface area contributed by atoms with Crippen LogP contribution >= 0.6 is 35.2 Å². The van der Waals surface area contributed by atoms with Gasteiger partial charge in [0.1, 0.15) is 0 Å². The first kappa shape index (κ1) is 35.1. The summed E-state index contributed by atoms with van der Waals surface area (Å²) in [4.78, 5) is 0. The maximum atomic E-state index is 6.15. The Labute approximate surface area is 260 Å². The van der Waals surface area contributed by atoms with Crippen LogP contribution in [0.4, 0.5) is 0 Å². The van der Waals surface area contributed by atoms with E-state index < -0.39 is 15.8 Å². The molecule has 0 saturated carbocycles. The van der Waals surface area contributed by atoms with Gasteiger partial charge in [0, 0.05) is 34.3 Å². The molecule has 0 aromatic heterocycles. The average Bonchev–Trinajstić information content (AvgIpc) is 2.95. The summed E-state index contributed by atoms with van der Waals surface area (Å²) in [6.45, 7) is 14.0. The average molecular weight is 703 g/mol. The second-order valence-corrected chi connectivity index (χ2v) is 18.1. The summed E-state index contributed by atoms with van der Waals surface area (Å²) in [5.41, 5.74) is 20.3. The fourth-order valence-corrected chi connectivity index (χ4v) is 7.25. The molecule has 214 valence electrons. The molecule has 4 rings (SSSR count). The minimum absolute atomic E-state index is 0.163. The second-order valence-electron chi connectivity index (χ2n) is 10.4. The van der Waals surface area contributed by atoms with Gasteiger partial charge in [-0.15, -0.1) is 0 Å². The Balaban J connectivity index is 0.000000262. The Morgan fingerprint density at radius 3 is 1.23 bits per heavy atom. The minimum atomic E-state index is -0.415. The third kappa shape index (κ3) is 11.3. The summed E-state index contributed by atoms with van der Waals surface area (Å²) >= 11 is -0.346. The molecule has 2 atom stereocenters. The van der Waals surface area contributed by atoms with Crippen LogP contribution in [0, 0.1) is 13.8 Å². The molecular weight excluding hydrogens is 658 g/mol. The van der Waals surface area contributed by atoms with Crippen LogP contribution in [-0.4, -0.2) is 26.7 Å². The SMILES string of the molecule is Cc1ccc(Cc2ccc(C)cc2[PH+](C)C)c([PH+](C)C)c1.NC(c1ccccc1)C(N)c1ccccc1.[Cl][Ru+2][Cl]. The van der Waals surface area contributed by atoms with E-state index >= 15 is 0 Å². The third-order valence-corrected chi connectivity index (χ3v) is 9.83. The van der Waals surface area contributed by atoms with Crippen molar-refractivity contribution < 1.29 is 15.1 Å². The van der Waals surface area contributed by atoms with Crippen molar-refractivity contribution in [3.63, 3.8) is 0 Å². The second kappa shape index (κ2) is 18.4. The Morgan fingerprint density at radius 1 is 0.600 bits per heavy atom. The van der Waals surface area contributed by atoms with Crippen molar-refractivity contribution in [1.29, 1.82) is 0 Å².